The van der Waals surface area contributed by atoms with E-state index < -0.39 is 0 Å². The summed E-state index contributed by atoms with van der Waals surface area (Å²) in [7, 11) is 0. The van der Waals surface area contributed by atoms with Gasteiger partial charge in [0.05, 0.1) is 22.6 Å². The second-order valence-corrected chi connectivity index (χ2v) is 4.25. The lowest BCUT2D eigenvalue weighted by Crippen LogP contribution is -2.21. The summed E-state index contributed by atoms with van der Waals surface area (Å²) in [5.74, 6) is 0.0936. The summed E-state index contributed by atoms with van der Waals surface area (Å²) in [6, 6.07) is 8.79. The molecule has 1 heterocycles. The van der Waals surface area contributed by atoms with Gasteiger partial charge in [0.1, 0.15) is 11.8 Å². The third kappa shape index (κ3) is 2.95. The molecule has 1 aromatic carbocycles. The van der Waals surface area contributed by atoms with E-state index in [-0.39, 0.29) is 12.5 Å². The zero-order valence-electron chi connectivity index (χ0n) is 11.2. The number of H-pyrrole nitrogens is 1. The van der Waals surface area contributed by atoms with Crippen LogP contribution in [0.5, 0.6) is 5.75 Å². The molecule has 102 valence electrons. The number of benzene rings is 1. The average molecular weight is 270 g/mol. The molecule has 2 rings (SSSR count). The van der Waals surface area contributed by atoms with E-state index in [4.69, 9.17) is 10.00 Å². The fraction of sp³-hybridized carbons (Fsp3) is 0.214. The first-order valence-electron chi connectivity index (χ1n) is 6.05. The van der Waals surface area contributed by atoms with Crippen molar-refractivity contribution in [2.45, 2.75) is 13.8 Å². The van der Waals surface area contributed by atoms with E-state index in [2.05, 4.69) is 15.5 Å². The number of rotatable bonds is 4. The number of hydrogen-bond acceptors (Lipinski definition) is 4. The van der Waals surface area contributed by atoms with Gasteiger partial charge in [0, 0.05) is 0 Å². The standard InChI is InChI=1S/C14H14N4O2/c1-9-14(10(2)18-17-9)16-13(19)8-20-12-6-4-3-5-11(12)7-15/h3-6H,8H2,1-2H3,(H,16,19)(H,17,18). The summed E-state index contributed by atoms with van der Waals surface area (Å²) in [5, 5.41) is 18.4. The molecule has 0 radical (unpaired) electrons. The number of amides is 1. The third-order valence-electron chi connectivity index (χ3n) is 2.76. The molecule has 6 heteroatoms. The van der Waals surface area contributed by atoms with Crippen LogP contribution in [0.15, 0.2) is 24.3 Å². The van der Waals surface area contributed by atoms with Gasteiger partial charge in [-0.1, -0.05) is 12.1 Å². The smallest absolute Gasteiger partial charge is 0.262 e. The number of nitrogens with one attached hydrogen (secondary N) is 2. The van der Waals surface area contributed by atoms with Crippen molar-refractivity contribution < 1.29 is 9.53 Å². The summed E-state index contributed by atoms with van der Waals surface area (Å²) < 4.78 is 5.35. The maximum atomic E-state index is 11.8. The molecule has 0 aliphatic rings. The van der Waals surface area contributed by atoms with Crippen LogP contribution in [0.2, 0.25) is 0 Å². The number of ether oxygens (including phenoxy) is 1. The van der Waals surface area contributed by atoms with Crippen molar-refractivity contribution in [3.05, 3.63) is 41.2 Å². The van der Waals surface area contributed by atoms with Crippen molar-refractivity contribution in [1.82, 2.24) is 10.2 Å². The lowest BCUT2D eigenvalue weighted by Gasteiger charge is -2.08. The van der Waals surface area contributed by atoms with Gasteiger partial charge in [-0.15, -0.1) is 0 Å². The molecule has 0 aliphatic carbocycles. The van der Waals surface area contributed by atoms with E-state index in [9.17, 15) is 4.79 Å². The molecule has 20 heavy (non-hydrogen) atoms. The van der Waals surface area contributed by atoms with Crippen LogP contribution in [-0.4, -0.2) is 22.7 Å². The summed E-state index contributed by atoms with van der Waals surface area (Å²) in [6.07, 6.45) is 0. The summed E-state index contributed by atoms with van der Waals surface area (Å²) in [4.78, 5) is 11.8. The quantitative estimate of drug-likeness (QED) is 0.887. The summed E-state index contributed by atoms with van der Waals surface area (Å²) in [5.41, 5.74) is 2.56. The Balaban J connectivity index is 1.98. The molecule has 0 bridgehead atoms. The number of nitriles is 1. The van der Waals surface area contributed by atoms with Crippen LogP contribution in [0.3, 0.4) is 0 Å². The van der Waals surface area contributed by atoms with Crippen LogP contribution >= 0.6 is 0 Å². The van der Waals surface area contributed by atoms with Gasteiger partial charge >= 0.3 is 0 Å². The normalized spacial score (nSPS) is 9.85. The SMILES string of the molecule is Cc1n[nH]c(C)c1NC(=O)COc1ccccc1C#N. The van der Waals surface area contributed by atoms with Crippen LogP contribution in [0.25, 0.3) is 0 Å². The molecule has 0 aliphatic heterocycles. The highest BCUT2D eigenvalue weighted by Gasteiger charge is 2.11. The second-order valence-electron chi connectivity index (χ2n) is 4.25. The minimum Gasteiger partial charge on any atom is -0.482 e. The van der Waals surface area contributed by atoms with Gasteiger partial charge in [-0.05, 0) is 26.0 Å². The molecule has 0 saturated carbocycles. The maximum Gasteiger partial charge on any atom is 0.262 e. The number of aromatic amines is 1. The maximum absolute atomic E-state index is 11.8. The number of hydrogen-bond donors (Lipinski definition) is 2. The summed E-state index contributed by atoms with van der Waals surface area (Å²) >= 11 is 0. The zero-order valence-corrected chi connectivity index (χ0v) is 11.2. The number of para-hydroxylation sites is 1. The first-order valence-corrected chi connectivity index (χ1v) is 6.05. The topological polar surface area (TPSA) is 90.8 Å². The molecule has 2 aromatic rings. The Hall–Kier alpha value is -2.81. The molecular weight excluding hydrogens is 256 g/mol. The Kier molecular flexibility index (Phi) is 4.01. The van der Waals surface area contributed by atoms with Crippen molar-refractivity contribution in [1.29, 1.82) is 5.26 Å². The highest BCUT2D eigenvalue weighted by Crippen LogP contribution is 2.18. The van der Waals surface area contributed by atoms with Gasteiger partial charge in [0.15, 0.2) is 6.61 Å². The molecule has 1 amide bonds. The minimum atomic E-state index is -0.301. The number of nitrogens with zero attached hydrogens (tertiary/aromatic N) is 2. The lowest BCUT2D eigenvalue weighted by molar-refractivity contribution is -0.118. The van der Waals surface area contributed by atoms with E-state index in [1.807, 2.05) is 13.0 Å². The largest absolute Gasteiger partial charge is 0.482 e. The monoisotopic (exact) mass is 270 g/mol. The van der Waals surface area contributed by atoms with Gasteiger partial charge in [-0.3, -0.25) is 9.89 Å². The molecule has 0 spiro atoms. The number of aryl methyl sites for hydroxylation is 2. The number of carbonyl (C=O) groups is 1. The van der Waals surface area contributed by atoms with Crippen LogP contribution in [0, 0.1) is 25.2 Å². The van der Waals surface area contributed by atoms with Gasteiger partial charge in [-0.25, -0.2) is 0 Å². The Morgan fingerprint density at radius 2 is 2.20 bits per heavy atom. The van der Waals surface area contributed by atoms with Crippen LogP contribution in [0.1, 0.15) is 17.0 Å². The van der Waals surface area contributed by atoms with Gasteiger partial charge in [0.2, 0.25) is 0 Å². The number of anilines is 1. The molecule has 6 nitrogen and oxygen atoms in total. The average Bonchev–Trinajstić information content (AvgIpc) is 2.77. The van der Waals surface area contributed by atoms with Crippen molar-refractivity contribution in [3.63, 3.8) is 0 Å². The Morgan fingerprint density at radius 3 is 2.85 bits per heavy atom. The fourth-order valence-corrected chi connectivity index (χ4v) is 1.74. The van der Waals surface area contributed by atoms with E-state index >= 15 is 0 Å². The van der Waals surface area contributed by atoms with Gasteiger partial charge in [0.25, 0.3) is 5.91 Å². The highest BCUT2D eigenvalue weighted by atomic mass is 16.5. The van der Waals surface area contributed by atoms with Crippen LogP contribution in [-0.2, 0) is 4.79 Å². The lowest BCUT2D eigenvalue weighted by atomic mass is 10.2. The van der Waals surface area contributed by atoms with Crippen molar-refractivity contribution in [2.24, 2.45) is 0 Å². The molecule has 0 fully saturated rings. The zero-order chi connectivity index (χ0) is 14.5. The number of carbonyl (C=O) groups excluding carboxylic acids is 1. The molecule has 0 atom stereocenters. The third-order valence-corrected chi connectivity index (χ3v) is 2.76. The van der Waals surface area contributed by atoms with Crippen molar-refractivity contribution >= 4 is 11.6 Å². The Morgan fingerprint density at radius 1 is 1.45 bits per heavy atom. The van der Waals surface area contributed by atoms with Gasteiger partial charge in [-0.2, -0.15) is 10.4 Å². The first-order chi connectivity index (χ1) is 9.61. The van der Waals surface area contributed by atoms with Crippen molar-refractivity contribution in [3.8, 4) is 11.8 Å². The fourth-order valence-electron chi connectivity index (χ4n) is 1.74. The molecule has 1 aromatic heterocycles. The first kappa shape index (κ1) is 13.6. The molecule has 0 unspecified atom stereocenters. The van der Waals surface area contributed by atoms with E-state index in [0.717, 1.165) is 5.69 Å². The number of aromatic nitrogens is 2. The van der Waals surface area contributed by atoms with Crippen LogP contribution in [0.4, 0.5) is 5.69 Å². The van der Waals surface area contributed by atoms with E-state index in [1.54, 1.807) is 31.2 Å². The van der Waals surface area contributed by atoms with E-state index in [0.29, 0.717) is 22.7 Å². The Labute approximate surface area is 116 Å². The molecule has 0 saturated heterocycles. The van der Waals surface area contributed by atoms with Gasteiger partial charge < -0.3 is 10.1 Å². The van der Waals surface area contributed by atoms with Crippen molar-refractivity contribution in [2.75, 3.05) is 11.9 Å². The second kappa shape index (κ2) is 5.89. The Bertz CT molecular complexity index is 651. The molecular formula is C14H14N4O2. The van der Waals surface area contributed by atoms with E-state index in [1.165, 1.54) is 0 Å². The highest BCUT2D eigenvalue weighted by molar-refractivity contribution is 5.93. The molecule has 2 N–H and O–H groups in total. The predicted molar refractivity (Wildman–Crippen MR) is 73.3 cm³/mol. The summed E-state index contributed by atoms with van der Waals surface area (Å²) in [6.45, 7) is 3.45. The minimum absolute atomic E-state index is 0.164. The van der Waals surface area contributed by atoms with Crippen LogP contribution < -0.4 is 10.1 Å². The predicted octanol–water partition coefficient (Wildman–Crippen LogP) is 1.92.